The summed E-state index contributed by atoms with van der Waals surface area (Å²) in [6.45, 7) is 1.70. The van der Waals surface area contributed by atoms with Gasteiger partial charge in [0, 0.05) is 11.4 Å². The van der Waals surface area contributed by atoms with Gasteiger partial charge in [-0.1, -0.05) is 23.4 Å². The maximum absolute atomic E-state index is 13.2. The van der Waals surface area contributed by atoms with Crippen molar-refractivity contribution in [3.8, 4) is 0 Å². The third kappa shape index (κ3) is 4.46. The number of carbonyl (C=O) groups excluding carboxylic acids is 2. The second-order valence-corrected chi connectivity index (χ2v) is 5.86. The van der Waals surface area contributed by atoms with Crippen LogP contribution in [-0.4, -0.2) is 26.8 Å². The maximum atomic E-state index is 13.2. The van der Waals surface area contributed by atoms with Crippen LogP contribution in [0.3, 0.4) is 0 Å². The number of rotatable bonds is 5. The number of benzene rings is 2. The molecule has 9 heteroatoms. The van der Waals surface area contributed by atoms with Crippen molar-refractivity contribution >= 4 is 29.0 Å². The van der Waals surface area contributed by atoms with Crippen LogP contribution in [0, 0.1) is 12.7 Å². The molecule has 1 aromatic heterocycles. The van der Waals surface area contributed by atoms with Gasteiger partial charge in [0.1, 0.15) is 12.4 Å². The third-order valence-corrected chi connectivity index (χ3v) is 3.67. The highest BCUT2D eigenvalue weighted by Gasteiger charge is 2.19. The molecule has 0 aliphatic carbocycles. The number of anilines is 3. The van der Waals surface area contributed by atoms with Crippen LogP contribution in [0.4, 0.5) is 21.6 Å². The van der Waals surface area contributed by atoms with Crippen molar-refractivity contribution in [1.29, 1.82) is 0 Å². The number of aryl methyl sites for hydroxylation is 1. The van der Waals surface area contributed by atoms with Crippen LogP contribution in [0.5, 0.6) is 0 Å². The summed E-state index contributed by atoms with van der Waals surface area (Å²) < 4.78 is 14.3. The quantitative estimate of drug-likeness (QED) is 0.639. The van der Waals surface area contributed by atoms with Crippen molar-refractivity contribution in [3.05, 3.63) is 65.6 Å². The van der Waals surface area contributed by atoms with E-state index in [0.29, 0.717) is 5.69 Å². The Kier molecular flexibility index (Phi) is 5.11. The van der Waals surface area contributed by atoms with E-state index in [1.54, 1.807) is 6.07 Å². The van der Waals surface area contributed by atoms with Crippen molar-refractivity contribution < 1.29 is 14.0 Å². The molecule has 4 N–H and O–H groups in total. The normalized spacial score (nSPS) is 10.4. The molecule has 27 heavy (non-hydrogen) atoms. The number of nitrogens with two attached hydrogens (primary N) is 1. The Hall–Kier alpha value is -3.75. The Bertz CT molecular complexity index is 1000. The summed E-state index contributed by atoms with van der Waals surface area (Å²) in [6, 6.07) is 12.7. The summed E-state index contributed by atoms with van der Waals surface area (Å²) in [5, 5.41) is 12.6. The van der Waals surface area contributed by atoms with Crippen LogP contribution in [0.15, 0.2) is 48.5 Å². The van der Waals surface area contributed by atoms with Gasteiger partial charge in [-0.25, -0.2) is 9.07 Å². The second kappa shape index (κ2) is 7.65. The summed E-state index contributed by atoms with van der Waals surface area (Å²) >= 11 is 0. The molecule has 0 unspecified atom stereocenters. The number of hydrogen-bond donors (Lipinski definition) is 3. The largest absolute Gasteiger partial charge is 0.382 e. The molecule has 3 rings (SSSR count). The molecule has 0 saturated heterocycles. The molecular formula is C18H17FN6O2. The molecule has 3 aromatic rings. The lowest BCUT2D eigenvalue weighted by Gasteiger charge is -2.07. The molecule has 0 fully saturated rings. The van der Waals surface area contributed by atoms with E-state index in [9.17, 15) is 14.0 Å². The van der Waals surface area contributed by atoms with Crippen LogP contribution < -0.4 is 16.4 Å². The van der Waals surface area contributed by atoms with E-state index >= 15 is 0 Å². The van der Waals surface area contributed by atoms with Gasteiger partial charge in [0.15, 0.2) is 11.5 Å². The Morgan fingerprint density at radius 1 is 1.11 bits per heavy atom. The van der Waals surface area contributed by atoms with E-state index in [1.165, 1.54) is 18.2 Å². The predicted octanol–water partition coefficient (Wildman–Crippen LogP) is 2.20. The fourth-order valence-electron chi connectivity index (χ4n) is 2.41. The number of nitrogens with zero attached hydrogens (tertiary/aromatic N) is 3. The van der Waals surface area contributed by atoms with Crippen molar-refractivity contribution in [2.45, 2.75) is 13.5 Å². The van der Waals surface area contributed by atoms with Gasteiger partial charge in [-0.05, 0) is 42.8 Å². The minimum atomic E-state index is -0.650. The summed E-state index contributed by atoms with van der Waals surface area (Å²) in [4.78, 5) is 24.4. The zero-order valence-electron chi connectivity index (χ0n) is 14.4. The van der Waals surface area contributed by atoms with Gasteiger partial charge in [0.05, 0.1) is 0 Å². The standard InChI is InChI=1S/C18H17FN6O2/c1-11-4-2-6-13(8-11)21-15(26)10-25-17(20)16(23-24-25)18(27)22-14-7-3-5-12(19)9-14/h2-9H,10,20H2,1H3,(H,21,26)(H,22,27). The molecule has 0 bridgehead atoms. The zero-order valence-corrected chi connectivity index (χ0v) is 14.4. The predicted molar refractivity (Wildman–Crippen MR) is 98.6 cm³/mol. The first-order chi connectivity index (χ1) is 12.9. The summed E-state index contributed by atoms with van der Waals surface area (Å²) in [7, 11) is 0. The third-order valence-electron chi connectivity index (χ3n) is 3.67. The van der Waals surface area contributed by atoms with Crippen LogP contribution in [0.25, 0.3) is 0 Å². The minimum Gasteiger partial charge on any atom is -0.382 e. The SMILES string of the molecule is Cc1cccc(NC(=O)Cn2nnc(C(=O)Nc3cccc(F)c3)c2N)c1. The Morgan fingerprint density at radius 2 is 1.81 bits per heavy atom. The molecular weight excluding hydrogens is 351 g/mol. The van der Waals surface area contributed by atoms with Gasteiger partial charge < -0.3 is 16.4 Å². The molecule has 1 heterocycles. The Labute approximate surface area is 154 Å². The van der Waals surface area contributed by atoms with Gasteiger partial charge in [-0.2, -0.15) is 0 Å². The Balaban J connectivity index is 1.67. The number of nitrogen functional groups attached to an aromatic ring is 1. The number of nitrogens with one attached hydrogen (secondary N) is 2. The molecule has 8 nitrogen and oxygen atoms in total. The highest BCUT2D eigenvalue weighted by Crippen LogP contribution is 2.14. The first kappa shape index (κ1) is 18.1. The highest BCUT2D eigenvalue weighted by atomic mass is 19.1. The molecule has 138 valence electrons. The van der Waals surface area contributed by atoms with Gasteiger partial charge in [0.2, 0.25) is 5.91 Å². The number of hydrogen-bond acceptors (Lipinski definition) is 5. The lowest BCUT2D eigenvalue weighted by Crippen LogP contribution is -2.21. The van der Waals surface area contributed by atoms with Crippen LogP contribution in [-0.2, 0) is 11.3 Å². The average molecular weight is 368 g/mol. The summed E-state index contributed by atoms with van der Waals surface area (Å²) in [6.07, 6.45) is 0. The van der Waals surface area contributed by atoms with Crippen molar-refractivity contribution in [2.75, 3.05) is 16.4 Å². The van der Waals surface area contributed by atoms with E-state index in [0.717, 1.165) is 16.3 Å². The molecule has 0 radical (unpaired) electrons. The first-order valence-electron chi connectivity index (χ1n) is 8.05. The van der Waals surface area contributed by atoms with Gasteiger partial charge in [0.25, 0.3) is 5.91 Å². The monoisotopic (exact) mass is 368 g/mol. The lowest BCUT2D eigenvalue weighted by atomic mass is 10.2. The fraction of sp³-hybridized carbons (Fsp3) is 0.111. The number of aromatic nitrogens is 3. The maximum Gasteiger partial charge on any atom is 0.280 e. The Morgan fingerprint density at radius 3 is 2.52 bits per heavy atom. The molecule has 0 aliphatic heterocycles. The van der Waals surface area contributed by atoms with Crippen LogP contribution in [0.1, 0.15) is 16.1 Å². The van der Waals surface area contributed by atoms with E-state index < -0.39 is 11.7 Å². The van der Waals surface area contributed by atoms with E-state index in [-0.39, 0.29) is 29.7 Å². The number of amides is 2. The zero-order chi connectivity index (χ0) is 19.4. The van der Waals surface area contributed by atoms with E-state index in [4.69, 9.17) is 5.73 Å². The molecule has 0 saturated carbocycles. The van der Waals surface area contributed by atoms with Gasteiger partial charge >= 0.3 is 0 Å². The highest BCUT2D eigenvalue weighted by molar-refractivity contribution is 6.05. The van der Waals surface area contributed by atoms with Crippen molar-refractivity contribution in [3.63, 3.8) is 0 Å². The number of carbonyl (C=O) groups is 2. The topological polar surface area (TPSA) is 115 Å². The fourth-order valence-corrected chi connectivity index (χ4v) is 2.41. The van der Waals surface area contributed by atoms with E-state index in [2.05, 4.69) is 20.9 Å². The van der Waals surface area contributed by atoms with Crippen molar-refractivity contribution in [1.82, 2.24) is 15.0 Å². The lowest BCUT2D eigenvalue weighted by molar-refractivity contribution is -0.116. The van der Waals surface area contributed by atoms with Gasteiger partial charge in [-0.3, -0.25) is 9.59 Å². The van der Waals surface area contributed by atoms with Gasteiger partial charge in [-0.15, -0.1) is 5.10 Å². The van der Waals surface area contributed by atoms with Crippen molar-refractivity contribution in [2.24, 2.45) is 0 Å². The van der Waals surface area contributed by atoms with E-state index in [1.807, 2.05) is 25.1 Å². The number of halogens is 1. The first-order valence-corrected chi connectivity index (χ1v) is 8.05. The minimum absolute atomic E-state index is 0.0664. The molecule has 2 amide bonds. The van der Waals surface area contributed by atoms with Crippen LogP contribution >= 0.6 is 0 Å². The average Bonchev–Trinajstić information content (AvgIpc) is 2.95. The summed E-state index contributed by atoms with van der Waals surface area (Å²) in [5.74, 6) is -1.57. The second-order valence-electron chi connectivity index (χ2n) is 5.86. The molecule has 2 aromatic carbocycles. The molecule has 0 spiro atoms. The smallest absolute Gasteiger partial charge is 0.280 e. The molecule has 0 atom stereocenters. The van der Waals surface area contributed by atoms with Crippen LogP contribution in [0.2, 0.25) is 0 Å². The summed E-state index contributed by atoms with van der Waals surface area (Å²) in [5.41, 5.74) is 7.63. The molecule has 0 aliphatic rings.